The molecule has 30 heavy (non-hydrogen) atoms. The monoisotopic (exact) mass is 424 g/mol. The standard InChI is InChI=1S/C15H23N3O4.C6H13NO/c1-15(2,3)22-13(19)17-11-4-6-12(7-5-11)21-14(20)18-9-8-16-10-18;7-5-1-3-6(8)4-2-5/h8-12H,4-7H2,1-3H3,(H,17,19);5-6,8H,1-4,7H2. The number of alkyl carbamates (subject to hydrolysis) is 1. The molecule has 3 rings (SSSR count). The zero-order valence-electron chi connectivity index (χ0n) is 18.3. The molecular weight excluding hydrogens is 388 g/mol. The van der Waals surface area contributed by atoms with Gasteiger partial charge in [-0.25, -0.2) is 19.1 Å². The molecule has 9 nitrogen and oxygen atoms in total. The molecule has 170 valence electrons. The third-order valence-electron chi connectivity index (χ3n) is 5.12. The van der Waals surface area contributed by atoms with Crippen LogP contribution in [0.3, 0.4) is 0 Å². The molecule has 0 radical (unpaired) electrons. The summed E-state index contributed by atoms with van der Waals surface area (Å²) in [6.07, 6.45) is 10.3. The van der Waals surface area contributed by atoms with Gasteiger partial charge in [0.2, 0.25) is 0 Å². The highest BCUT2D eigenvalue weighted by Gasteiger charge is 2.26. The number of rotatable bonds is 2. The van der Waals surface area contributed by atoms with Crippen molar-refractivity contribution in [2.75, 3.05) is 0 Å². The number of amides is 1. The number of carbonyl (C=O) groups excluding carboxylic acids is 2. The summed E-state index contributed by atoms with van der Waals surface area (Å²) in [6, 6.07) is 0.427. The summed E-state index contributed by atoms with van der Waals surface area (Å²) in [4.78, 5) is 27.3. The van der Waals surface area contributed by atoms with Crippen molar-refractivity contribution in [3.63, 3.8) is 0 Å². The minimum atomic E-state index is -0.498. The number of nitrogens with zero attached hydrogens (tertiary/aromatic N) is 2. The van der Waals surface area contributed by atoms with Gasteiger partial charge in [0.15, 0.2) is 0 Å². The van der Waals surface area contributed by atoms with E-state index in [4.69, 9.17) is 20.3 Å². The maximum absolute atomic E-state index is 11.8. The van der Waals surface area contributed by atoms with Crippen LogP contribution in [0, 0.1) is 0 Å². The summed E-state index contributed by atoms with van der Waals surface area (Å²) in [5.74, 6) is 0. The molecule has 1 heterocycles. The van der Waals surface area contributed by atoms with Crippen LogP contribution in [0.4, 0.5) is 9.59 Å². The topological polar surface area (TPSA) is 129 Å². The third-order valence-corrected chi connectivity index (χ3v) is 5.12. The molecular formula is C21H36N4O5. The quantitative estimate of drug-likeness (QED) is 0.665. The van der Waals surface area contributed by atoms with Gasteiger partial charge >= 0.3 is 12.2 Å². The lowest BCUT2D eigenvalue weighted by Crippen LogP contribution is -2.42. The number of nitrogens with two attached hydrogens (primary N) is 1. The van der Waals surface area contributed by atoms with Gasteiger partial charge in [0.05, 0.1) is 6.10 Å². The number of hydrogen-bond donors (Lipinski definition) is 3. The van der Waals surface area contributed by atoms with Crippen LogP contribution in [0.2, 0.25) is 0 Å². The van der Waals surface area contributed by atoms with Gasteiger partial charge in [-0.15, -0.1) is 0 Å². The van der Waals surface area contributed by atoms with Crippen LogP contribution in [0.25, 0.3) is 0 Å². The largest absolute Gasteiger partial charge is 0.446 e. The smallest absolute Gasteiger partial charge is 0.419 e. The average Bonchev–Trinajstić information content (AvgIpc) is 3.20. The number of aliphatic hydroxyl groups is 1. The molecule has 0 unspecified atom stereocenters. The van der Waals surface area contributed by atoms with E-state index in [0.717, 1.165) is 51.4 Å². The van der Waals surface area contributed by atoms with E-state index < -0.39 is 17.8 Å². The van der Waals surface area contributed by atoms with E-state index in [2.05, 4.69) is 10.3 Å². The fraction of sp³-hybridized carbons (Fsp3) is 0.762. The molecule has 1 amide bonds. The highest BCUT2D eigenvalue weighted by molar-refractivity contribution is 5.70. The van der Waals surface area contributed by atoms with E-state index in [1.54, 1.807) is 6.20 Å². The van der Waals surface area contributed by atoms with Gasteiger partial charge in [0.1, 0.15) is 18.0 Å². The lowest BCUT2D eigenvalue weighted by atomic mass is 9.93. The van der Waals surface area contributed by atoms with Gasteiger partial charge < -0.3 is 25.6 Å². The molecule has 2 fully saturated rings. The number of hydrogen-bond acceptors (Lipinski definition) is 7. The van der Waals surface area contributed by atoms with Crippen molar-refractivity contribution >= 4 is 12.2 Å². The van der Waals surface area contributed by atoms with E-state index in [9.17, 15) is 9.59 Å². The Morgan fingerprint density at radius 3 is 2.23 bits per heavy atom. The van der Waals surface area contributed by atoms with Gasteiger partial charge in [0, 0.05) is 24.5 Å². The van der Waals surface area contributed by atoms with E-state index >= 15 is 0 Å². The molecule has 9 heteroatoms. The highest BCUT2D eigenvalue weighted by Crippen LogP contribution is 2.22. The van der Waals surface area contributed by atoms with Crippen molar-refractivity contribution in [2.45, 2.75) is 102 Å². The molecule has 0 atom stereocenters. The molecule has 0 saturated heterocycles. The molecule has 2 aliphatic rings. The van der Waals surface area contributed by atoms with E-state index in [1.165, 1.54) is 17.1 Å². The minimum Gasteiger partial charge on any atom is -0.446 e. The second-order valence-corrected chi connectivity index (χ2v) is 9.04. The van der Waals surface area contributed by atoms with Gasteiger partial charge in [-0.2, -0.15) is 0 Å². The Labute approximate surface area is 178 Å². The first kappa shape index (κ1) is 24.1. The first-order valence-electron chi connectivity index (χ1n) is 10.7. The Morgan fingerprint density at radius 1 is 1.10 bits per heavy atom. The first-order chi connectivity index (χ1) is 14.1. The van der Waals surface area contributed by atoms with Gasteiger partial charge in [-0.05, 0) is 72.1 Å². The third kappa shape index (κ3) is 9.13. The second-order valence-electron chi connectivity index (χ2n) is 9.04. The molecule has 0 aromatic carbocycles. The van der Waals surface area contributed by atoms with E-state index in [0.29, 0.717) is 6.04 Å². The Kier molecular flexibility index (Phi) is 9.10. The zero-order valence-corrected chi connectivity index (χ0v) is 18.3. The lowest BCUT2D eigenvalue weighted by Gasteiger charge is -2.29. The van der Waals surface area contributed by atoms with Crippen molar-refractivity contribution in [1.82, 2.24) is 14.9 Å². The van der Waals surface area contributed by atoms with Gasteiger partial charge in [-0.1, -0.05) is 0 Å². The maximum atomic E-state index is 11.8. The Balaban J connectivity index is 0.000000335. The number of aromatic nitrogens is 2. The number of imidazole rings is 1. The van der Waals surface area contributed by atoms with Gasteiger partial charge in [-0.3, -0.25) is 0 Å². The second kappa shape index (κ2) is 11.3. The van der Waals surface area contributed by atoms with Crippen LogP contribution in [0.5, 0.6) is 0 Å². The molecule has 2 aliphatic carbocycles. The minimum absolute atomic E-state index is 0.0604. The van der Waals surface area contributed by atoms with Crippen molar-refractivity contribution in [3.8, 4) is 0 Å². The average molecular weight is 425 g/mol. The number of nitrogens with one attached hydrogen (secondary N) is 1. The zero-order chi connectivity index (χ0) is 22.1. The van der Waals surface area contributed by atoms with E-state index in [1.807, 2.05) is 20.8 Å². The molecule has 0 aliphatic heterocycles. The van der Waals surface area contributed by atoms with Crippen molar-refractivity contribution < 1.29 is 24.2 Å². The maximum Gasteiger partial charge on any atom is 0.419 e. The first-order valence-corrected chi connectivity index (χ1v) is 10.7. The fourth-order valence-corrected chi connectivity index (χ4v) is 3.47. The molecule has 0 spiro atoms. The molecule has 1 aromatic rings. The SMILES string of the molecule is CC(C)(C)OC(=O)NC1CCC(OC(=O)n2ccnc2)CC1.NC1CCC(O)CC1. The van der Waals surface area contributed by atoms with Crippen LogP contribution in [0.1, 0.15) is 72.1 Å². The summed E-state index contributed by atoms with van der Waals surface area (Å²) in [6.45, 7) is 5.50. The summed E-state index contributed by atoms with van der Waals surface area (Å²) < 4.78 is 12.0. The predicted octanol–water partition coefficient (Wildman–Crippen LogP) is 2.95. The molecule has 2 saturated carbocycles. The normalized spacial score (nSPS) is 26.7. The highest BCUT2D eigenvalue weighted by atomic mass is 16.6. The summed E-state index contributed by atoms with van der Waals surface area (Å²) in [5, 5.41) is 11.8. The molecule has 0 bridgehead atoms. The Hall–Kier alpha value is -2.13. The predicted molar refractivity (Wildman–Crippen MR) is 112 cm³/mol. The van der Waals surface area contributed by atoms with Crippen LogP contribution in [-0.2, 0) is 9.47 Å². The lowest BCUT2D eigenvalue weighted by molar-refractivity contribution is 0.0427. The van der Waals surface area contributed by atoms with Crippen LogP contribution < -0.4 is 11.1 Å². The summed E-state index contributed by atoms with van der Waals surface area (Å²) in [7, 11) is 0. The summed E-state index contributed by atoms with van der Waals surface area (Å²) in [5.41, 5.74) is 5.09. The van der Waals surface area contributed by atoms with Crippen LogP contribution in [0.15, 0.2) is 18.7 Å². The number of aliphatic hydroxyl groups excluding tert-OH is 1. The molecule has 4 N–H and O–H groups in total. The fourth-order valence-electron chi connectivity index (χ4n) is 3.47. The van der Waals surface area contributed by atoms with Crippen LogP contribution in [-0.4, -0.2) is 56.7 Å². The summed E-state index contributed by atoms with van der Waals surface area (Å²) >= 11 is 0. The number of carbonyl (C=O) groups is 2. The Morgan fingerprint density at radius 2 is 1.73 bits per heavy atom. The Bertz CT molecular complexity index is 633. The van der Waals surface area contributed by atoms with E-state index in [-0.39, 0.29) is 18.2 Å². The van der Waals surface area contributed by atoms with Crippen molar-refractivity contribution in [3.05, 3.63) is 18.7 Å². The van der Waals surface area contributed by atoms with Crippen molar-refractivity contribution in [2.24, 2.45) is 5.73 Å². The van der Waals surface area contributed by atoms with Crippen LogP contribution >= 0.6 is 0 Å². The van der Waals surface area contributed by atoms with Gasteiger partial charge in [0.25, 0.3) is 0 Å². The number of ether oxygens (including phenoxy) is 2. The van der Waals surface area contributed by atoms with Crippen molar-refractivity contribution in [1.29, 1.82) is 0 Å². The molecule has 1 aromatic heterocycles.